The van der Waals surface area contributed by atoms with Crippen molar-refractivity contribution in [2.24, 2.45) is 11.3 Å². The summed E-state index contributed by atoms with van der Waals surface area (Å²) >= 11 is 0. The van der Waals surface area contributed by atoms with Crippen molar-refractivity contribution in [3.63, 3.8) is 0 Å². The molecule has 0 radical (unpaired) electrons. The second-order valence-electron chi connectivity index (χ2n) is 5.62. The second-order valence-corrected chi connectivity index (χ2v) is 5.62. The normalized spacial score (nSPS) is 17.8. The highest BCUT2D eigenvalue weighted by Gasteiger charge is 2.26. The van der Waals surface area contributed by atoms with E-state index in [0.29, 0.717) is 6.54 Å². The van der Waals surface area contributed by atoms with Crippen molar-refractivity contribution in [3.05, 3.63) is 11.6 Å². The number of amides is 1. The Morgan fingerprint density at radius 2 is 2.18 bits per heavy atom. The minimum absolute atomic E-state index is 0. The van der Waals surface area contributed by atoms with Gasteiger partial charge in [-0.15, -0.1) is 12.4 Å². The van der Waals surface area contributed by atoms with Crippen LogP contribution in [0.25, 0.3) is 0 Å². The number of nitrogens with one attached hydrogen (secondary N) is 2. The minimum atomic E-state index is 0. The topological polar surface area (TPSA) is 41.1 Å². The average Bonchev–Trinajstić information content (AvgIpc) is 2.25. The maximum atomic E-state index is 11.9. The summed E-state index contributed by atoms with van der Waals surface area (Å²) in [6, 6.07) is 0. The van der Waals surface area contributed by atoms with E-state index >= 15 is 0 Å². The van der Waals surface area contributed by atoms with Crippen LogP contribution in [0.3, 0.4) is 0 Å². The van der Waals surface area contributed by atoms with Crippen LogP contribution in [0.2, 0.25) is 0 Å². The van der Waals surface area contributed by atoms with Crippen molar-refractivity contribution in [3.8, 4) is 0 Å². The van der Waals surface area contributed by atoms with Gasteiger partial charge in [-0.2, -0.15) is 0 Å². The molecule has 1 atom stereocenters. The molecule has 0 aromatic rings. The van der Waals surface area contributed by atoms with Crippen LogP contribution in [0.1, 0.15) is 34.1 Å². The fourth-order valence-corrected chi connectivity index (χ4v) is 1.58. The number of hydrogen-bond acceptors (Lipinski definition) is 2. The van der Waals surface area contributed by atoms with Crippen molar-refractivity contribution in [2.75, 3.05) is 19.6 Å². The Kier molecular flexibility index (Phi) is 6.80. The van der Waals surface area contributed by atoms with Gasteiger partial charge in [-0.1, -0.05) is 39.3 Å². The number of carbonyl (C=O) groups excluding carboxylic acids is 1. The molecule has 1 heterocycles. The highest BCUT2D eigenvalue weighted by Crippen LogP contribution is 2.25. The lowest BCUT2D eigenvalue weighted by Crippen LogP contribution is -2.37. The highest BCUT2D eigenvalue weighted by molar-refractivity contribution is 5.85. The molecule has 100 valence electrons. The number of hydrogen-bond donors (Lipinski definition) is 2. The van der Waals surface area contributed by atoms with Gasteiger partial charge in [0.2, 0.25) is 5.91 Å². The Hall–Kier alpha value is -0.540. The fourth-order valence-electron chi connectivity index (χ4n) is 1.58. The van der Waals surface area contributed by atoms with Crippen molar-refractivity contribution >= 4 is 18.3 Å². The molecule has 4 heteroatoms. The molecule has 0 aliphatic carbocycles. The van der Waals surface area contributed by atoms with E-state index in [1.165, 1.54) is 5.57 Å². The van der Waals surface area contributed by atoms with E-state index in [9.17, 15) is 4.79 Å². The van der Waals surface area contributed by atoms with E-state index in [1.54, 1.807) is 0 Å². The quantitative estimate of drug-likeness (QED) is 0.764. The second kappa shape index (κ2) is 7.02. The van der Waals surface area contributed by atoms with Gasteiger partial charge in [0, 0.05) is 19.0 Å². The first-order valence-corrected chi connectivity index (χ1v) is 6.07. The predicted molar refractivity (Wildman–Crippen MR) is 74.4 cm³/mol. The molecular formula is C13H25ClN2O. The molecule has 0 fully saturated rings. The van der Waals surface area contributed by atoms with Crippen molar-refractivity contribution < 1.29 is 4.79 Å². The smallest absolute Gasteiger partial charge is 0.223 e. The van der Waals surface area contributed by atoms with Gasteiger partial charge in [0.05, 0.1) is 0 Å². The van der Waals surface area contributed by atoms with Crippen molar-refractivity contribution in [2.45, 2.75) is 34.1 Å². The maximum Gasteiger partial charge on any atom is 0.223 e. The van der Waals surface area contributed by atoms with Crippen molar-refractivity contribution in [1.82, 2.24) is 10.6 Å². The van der Waals surface area contributed by atoms with Gasteiger partial charge < -0.3 is 10.6 Å². The molecule has 1 aliphatic rings. The summed E-state index contributed by atoms with van der Waals surface area (Å²) in [5.74, 6) is 0.210. The Morgan fingerprint density at radius 1 is 1.53 bits per heavy atom. The van der Waals surface area contributed by atoms with Gasteiger partial charge in [0.15, 0.2) is 0 Å². The van der Waals surface area contributed by atoms with Gasteiger partial charge in [-0.3, -0.25) is 4.79 Å². The van der Waals surface area contributed by atoms with Gasteiger partial charge in [0.25, 0.3) is 0 Å². The third-order valence-corrected chi connectivity index (χ3v) is 3.34. The minimum Gasteiger partial charge on any atom is -0.352 e. The predicted octanol–water partition coefficient (Wildman–Crippen LogP) is 2.13. The van der Waals surface area contributed by atoms with E-state index in [0.717, 1.165) is 19.5 Å². The van der Waals surface area contributed by atoms with E-state index in [2.05, 4.69) is 37.5 Å². The van der Waals surface area contributed by atoms with Crippen LogP contribution in [0.4, 0.5) is 0 Å². The zero-order valence-electron chi connectivity index (χ0n) is 11.3. The van der Waals surface area contributed by atoms with Gasteiger partial charge in [-0.05, 0) is 18.4 Å². The molecule has 2 N–H and O–H groups in total. The molecule has 0 saturated carbocycles. The zero-order valence-corrected chi connectivity index (χ0v) is 12.1. The molecule has 0 bridgehead atoms. The summed E-state index contributed by atoms with van der Waals surface area (Å²) in [6.07, 6.45) is 3.22. The molecular weight excluding hydrogens is 236 g/mol. The third-order valence-electron chi connectivity index (χ3n) is 3.34. The van der Waals surface area contributed by atoms with E-state index in [4.69, 9.17) is 0 Å². The molecule has 0 aromatic heterocycles. The number of halogens is 1. The van der Waals surface area contributed by atoms with Crippen LogP contribution in [0.5, 0.6) is 0 Å². The zero-order chi connectivity index (χ0) is 12.2. The summed E-state index contributed by atoms with van der Waals surface area (Å²) in [5.41, 5.74) is 1.38. The maximum absolute atomic E-state index is 11.9. The summed E-state index contributed by atoms with van der Waals surface area (Å²) in [7, 11) is 0. The van der Waals surface area contributed by atoms with Crippen molar-refractivity contribution in [1.29, 1.82) is 0 Å². The van der Waals surface area contributed by atoms with E-state index in [1.807, 2.05) is 6.92 Å². The van der Waals surface area contributed by atoms with E-state index in [-0.39, 0.29) is 29.6 Å². The molecule has 1 amide bonds. The summed E-state index contributed by atoms with van der Waals surface area (Å²) in [6.45, 7) is 11.0. The summed E-state index contributed by atoms with van der Waals surface area (Å²) < 4.78 is 0. The van der Waals surface area contributed by atoms with Gasteiger partial charge in [-0.25, -0.2) is 0 Å². The Labute approximate surface area is 111 Å². The molecule has 1 unspecified atom stereocenters. The third kappa shape index (κ3) is 5.55. The van der Waals surface area contributed by atoms with Crippen LogP contribution in [-0.2, 0) is 4.79 Å². The lowest BCUT2D eigenvalue weighted by Gasteiger charge is -2.26. The Balaban J connectivity index is 0.00000256. The highest BCUT2D eigenvalue weighted by atomic mass is 35.5. The number of rotatable bonds is 3. The van der Waals surface area contributed by atoms with Crippen LogP contribution in [0, 0.1) is 11.3 Å². The Bertz CT molecular complexity index is 282. The lowest BCUT2D eigenvalue weighted by atomic mass is 9.81. The molecule has 1 aliphatic heterocycles. The lowest BCUT2D eigenvalue weighted by molar-refractivity contribution is -0.127. The molecule has 0 saturated heterocycles. The van der Waals surface area contributed by atoms with Crippen LogP contribution in [0.15, 0.2) is 11.6 Å². The van der Waals surface area contributed by atoms with Crippen LogP contribution >= 0.6 is 12.4 Å². The SMILES string of the molecule is CC(C(=O)NCC1=CCNCC1)C(C)(C)C.Cl. The summed E-state index contributed by atoms with van der Waals surface area (Å²) in [5, 5.41) is 6.28. The average molecular weight is 261 g/mol. The van der Waals surface area contributed by atoms with Crippen LogP contribution < -0.4 is 10.6 Å². The fraction of sp³-hybridized carbons (Fsp3) is 0.769. The first-order valence-electron chi connectivity index (χ1n) is 6.07. The standard InChI is InChI=1S/C13H24N2O.ClH/c1-10(13(2,3)4)12(16)15-9-11-5-7-14-8-6-11;/h5,10,14H,6-9H2,1-4H3,(H,15,16);1H. The molecule has 3 nitrogen and oxygen atoms in total. The van der Waals surface area contributed by atoms with Gasteiger partial charge in [0.1, 0.15) is 0 Å². The first kappa shape index (κ1) is 16.5. The molecule has 0 aromatic carbocycles. The summed E-state index contributed by atoms with van der Waals surface area (Å²) in [4.78, 5) is 11.9. The largest absolute Gasteiger partial charge is 0.352 e. The molecule has 0 spiro atoms. The molecule has 17 heavy (non-hydrogen) atoms. The van der Waals surface area contributed by atoms with Gasteiger partial charge >= 0.3 is 0 Å². The first-order chi connectivity index (χ1) is 7.41. The Morgan fingerprint density at radius 3 is 2.65 bits per heavy atom. The van der Waals surface area contributed by atoms with E-state index < -0.39 is 0 Å². The monoisotopic (exact) mass is 260 g/mol. The van der Waals surface area contributed by atoms with Crippen LogP contribution in [-0.4, -0.2) is 25.5 Å². The number of carbonyl (C=O) groups is 1. The molecule has 1 rings (SSSR count).